The van der Waals surface area contributed by atoms with Gasteiger partial charge in [-0.1, -0.05) is 0 Å². The van der Waals surface area contributed by atoms with Gasteiger partial charge in [0.25, 0.3) is 0 Å². The zero-order valence-electron chi connectivity index (χ0n) is 8.52. The molecule has 78 valence electrons. The first kappa shape index (κ1) is 10.3. The standard InChI is InChI=1S/C10H11N3OSe/c1-6(2)10(14)11-7-4-3-5-8-9(7)13-15-12-8/h3-6H,1-2H3,(H,11,14). The second-order valence-corrected chi connectivity index (χ2v) is 4.69. The summed E-state index contributed by atoms with van der Waals surface area (Å²) < 4.78 is 8.55. The summed E-state index contributed by atoms with van der Waals surface area (Å²) in [5.41, 5.74) is 2.48. The summed E-state index contributed by atoms with van der Waals surface area (Å²) in [4.78, 5) is 11.5. The van der Waals surface area contributed by atoms with Crippen LogP contribution >= 0.6 is 0 Å². The summed E-state index contributed by atoms with van der Waals surface area (Å²) in [7, 11) is 0. The molecule has 0 unspecified atom stereocenters. The van der Waals surface area contributed by atoms with Crippen molar-refractivity contribution in [3.05, 3.63) is 18.2 Å². The Morgan fingerprint density at radius 3 is 2.93 bits per heavy atom. The summed E-state index contributed by atoms with van der Waals surface area (Å²) in [6, 6.07) is 5.66. The summed E-state index contributed by atoms with van der Waals surface area (Å²) in [6.07, 6.45) is 0. The van der Waals surface area contributed by atoms with Crippen LogP contribution in [0.5, 0.6) is 0 Å². The fourth-order valence-corrected chi connectivity index (χ4v) is 2.34. The molecule has 0 fully saturated rings. The van der Waals surface area contributed by atoms with Crippen molar-refractivity contribution >= 4 is 37.6 Å². The molecule has 4 nitrogen and oxygen atoms in total. The quantitative estimate of drug-likeness (QED) is 0.835. The monoisotopic (exact) mass is 269 g/mol. The number of nitrogens with one attached hydrogen (secondary N) is 1. The normalized spacial score (nSPS) is 10.9. The first-order chi connectivity index (χ1) is 7.18. The number of rotatable bonds is 2. The van der Waals surface area contributed by atoms with Gasteiger partial charge in [0.1, 0.15) is 0 Å². The number of carbonyl (C=O) groups is 1. The average Bonchev–Trinajstić information content (AvgIpc) is 2.66. The summed E-state index contributed by atoms with van der Waals surface area (Å²) in [5, 5.41) is 2.86. The molecule has 0 bridgehead atoms. The van der Waals surface area contributed by atoms with E-state index in [-0.39, 0.29) is 26.8 Å². The van der Waals surface area contributed by atoms with Crippen molar-refractivity contribution in [1.29, 1.82) is 0 Å². The molecule has 1 amide bonds. The predicted molar refractivity (Wildman–Crippen MR) is 59.9 cm³/mol. The third-order valence-electron chi connectivity index (χ3n) is 2.07. The van der Waals surface area contributed by atoms with Gasteiger partial charge in [-0.25, -0.2) is 0 Å². The molecule has 0 aliphatic heterocycles. The summed E-state index contributed by atoms with van der Waals surface area (Å²) in [5.74, 6) is -0.0114. The van der Waals surface area contributed by atoms with E-state index in [9.17, 15) is 4.79 Å². The van der Waals surface area contributed by atoms with Crippen molar-refractivity contribution in [2.45, 2.75) is 13.8 Å². The average molecular weight is 268 g/mol. The van der Waals surface area contributed by atoms with E-state index in [4.69, 9.17) is 0 Å². The van der Waals surface area contributed by atoms with Crippen LogP contribution in [0.25, 0.3) is 11.0 Å². The molecule has 1 aromatic carbocycles. The van der Waals surface area contributed by atoms with E-state index in [1.165, 1.54) is 0 Å². The number of hydrogen-bond acceptors (Lipinski definition) is 3. The molecule has 0 aliphatic rings. The first-order valence-electron chi connectivity index (χ1n) is 4.70. The van der Waals surface area contributed by atoms with Crippen molar-refractivity contribution in [2.75, 3.05) is 5.32 Å². The molecular formula is C10H11N3OSe. The first-order valence-corrected chi connectivity index (χ1v) is 6.24. The minimum atomic E-state index is -0.0546. The number of aromatic nitrogens is 2. The van der Waals surface area contributed by atoms with Gasteiger partial charge in [-0.3, -0.25) is 0 Å². The Balaban J connectivity index is 2.35. The van der Waals surface area contributed by atoms with Gasteiger partial charge < -0.3 is 0 Å². The second kappa shape index (κ2) is 4.13. The van der Waals surface area contributed by atoms with Gasteiger partial charge >= 0.3 is 93.6 Å². The van der Waals surface area contributed by atoms with Crippen LogP contribution in [-0.2, 0) is 4.79 Å². The zero-order valence-corrected chi connectivity index (χ0v) is 10.2. The minimum absolute atomic E-state index is 0.0120. The number of carbonyl (C=O) groups excluding carboxylic acids is 1. The summed E-state index contributed by atoms with van der Waals surface area (Å²) >= 11 is -0.0546. The number of benzene rings is 1. The third-order valence-corrected chi connectivity index (χ3v) is 3.21. The Bertz CT molecular complexity index is 492. The molecule has 0 radical (unpaired) electrons. The summed E-state index contributed by atoms with van der Waals surface area (Å²) in [6.45, 7) is 3.73. The molecule has 0 saturated heterocycles. The SMILES string of the molecule is CC(C)C(=O)Nc1cccc2n[se]nc12. The van der Waals surface area contributed by atoms with Crippen molar-refractivity contribution < 1.29 is 4.79 Å². The van der Waals surface area contributed by atoms with E-state index < -0.39 is 0 Å². The molecule has 0 atom stereocenters. The molecule has 1 aromatic heterocycles. The molecule has 15 heavy (non-hydrogen) atoms. The molecule has 0 aliphatic carbocycles. The fourth-order valence-electron chi connectivity index (χ4n) is 1.18. The molecule has 1 heterocycles. The molecule has 2 aromatic rings. The Morgan fingerprint density at radius 2 is 2.20 bits per heavy atom. The van der Waals surface area contributed by atoms with Crippen molar-refractivity contribution in [3.8, 4) is 0 Å². The van der Waals surface area contributed by atoms with Gasteiger partial charge in [0, 0.05) is 0 Å². The Morgan fingerprint density at radius 1 is 1.40 bits per heavy atom. The number of fused-ring (bicyclic) bond motifs is 1. The van der Waals surface area contributed by atoms with Gasteiger partial charge in [-0.2, -0.15) is 0 Å². The molecule has 1 N–H and O–H groups in total. The topological polar surface area (TPSA) is 54.9 Å². The molecule has 5 heteroatoms. The maximum absolute atomic E-state index is 11.5. The van der Waals surface area contributed by atoms with E-state index in [1.54, 1.807) is 0 Å². The number of nitrogens with zero attached hydrogens (tertiary/aromatic N) is 2. The van der Waals surface area contributed by atoms with Crippen molar-refractivity contribution in [3.63, 3.8) is 0 Å². The van der Waals surface area contributed by atoms with Crippen LogP contribution in [-0.4, -0.2) is 28.8 Å². The van der Waals surface area contributed by atoms with Crippen molar-refractivity contribution in [2.24, 2.45) is 5.92 Å². The van der Waals surface area contributed by atoms with Gasteiger partial charge in [0.2, 0.25) is 0 Å². The third kappa shape index (κ3) is 2.08. The predicted octanol–water partition coefficient (Wildman–Crippen LogP) is 1.28. The van der Waals surface area contributed by atoms with Crippen molar-refractivity contribution in [1.82, 2.24) is 7.96 Å². The van der Waals surface area contributed by atoms with Gasteiger partial charge in [-0.15, -0.1) is 0 Å². The number of anilines is 1. The molecule has 0 spiro atoms. The van der Waals surface area contributed by atoms with E-state index in [0.29, 0.717) is 0 Å². The molecular weight excluding hydrogens is 257 g/mol. The van der Waals surface area contributed by atoms with Gasteiger partial charge in [0.15, 0.2) is 0 Å². The van der Waals surface area contributed by atoms with Crippen LogP contribution in [0.15, 0.2) is 18.2 Å². The molecule has 2 rings (SSSR count). The van der Waals surface area contributed by atoms with Gasteiger partial charge in [0.05, 0.1) is 0 Å². The number of amides is 1. The Hall–Kier alpha value is -1.19. The van der Waals surface area contributed by atoms with E-state index in [0.717, 1.165) is 16.7 Å². The van der Waals surface area contributed by atoms with Crippen LogP contribution in [0.4, 0.5) is 5.69 Å². The van der Waals surface area contributed by atoms with E-state index >= 15 is 0 Å². The van der Waals surface area contributed by atoms with Gasteiger partial charge in [-0.05, 0) is 0 Å². The fraction of sp³-hybridized carbons (Fsp3) is 0.300. The molecule has 0 saturated carbocycles. The Kier molecular flexibility index (Phi) is 2.84. The van der Waals surface area contributed by atoms with E-state index in [2.05, 4.69) is 13.3 Å². The van der Waals surface area contributed by atoms with Crippen LogP contribution in [0, 0.1) is 5.92 Å². The van der Waals surface area contributed by atoms with Crippen LogP contribution in [0.3, 0.4) is 0 Å². The van der Waals surface area contributed by atoms with Crippen LogP contribution < -0.4 is 5.32 Å². The van der Waals surface area contributed by atoms with Crippen LogP contribution in [0.2, 0.25) is 0 Å². The number of hydrogen-bond donors (Lipinski definition) is 1. The Labute approximate surface area is 93.9 Å². The van der Waals surface area contributed by atoms with Crippen LogP contribution in [0.1, 0.15) is 13.8 Å². The second-order valence-electron chi connectivity index (χ2n) is 3.58. The van der Waals surface area contributed by atoms with E-state index in [1.807, 2.05) is 32.0 Å². The maximum atomic E-state index is 11.5. The zero-order chi connectivity index (χ0) is 10.8.